The van der Waals surface area contributed by atoms with Gasteiger partial charge in [-0.15, -0.1) is 0 Å². The molecule has 0 saturated carbocycles. The van der Waals surface area contributed by atoms with Gasteiger partial charge in [0.2, 0.25) is 0 Å². The third kappa shape index (κ3) is 2.46. The van der Waals surface area contributed by atoms with Crippen molar-refractivity contribution in [2.24, 2.45) is 0 Å². The van der Waals surface area contributed by atoms with Crippen molar-refractivity contribution in [1.29, 1.82) is 0 Å². The number of hydrogen-bond acceptors (Lipinski definition) is 6. The number of nitrogens with one attached hydrogen (secondary N) is 1. The SMILES string of the molecule is O=C(O)c1ccc([N+](=O)[O-])cc1Sc1ncn[nH]1. The fourth-order valence-corrected chi connectivity index (χ4v) is 2.08. The van der Waals surface area contributed by atoms with Crippen LogP contribution >= 0.6 is 11.8 Å². The number of nitro benzene ring substituents is 1. The predicted molar refractivity (Wildman–Crippen MR) is 60.6 cm³/mol. The van der Waals surface area contributed by atoms with E-state index in [1.54, 1.807) is 0 Å². The zero-order chi connectivity index (χ0) is 13.1. The highest BCUT2D eigenvalue weighted by atomic mass is 32.2. The van der Waals surface area contributed by atoms with E-state index in [0.29, 0.717) is 5.16 Å². The van der Waals surface area contributed by atoms with Crippen LogP contribution in [0.5, 0.6) is 0 Å². The number of aromatic amines is 1. The zero-order valence-electron chi connectivity index (χ0n) is 8.73. The first-order valence-corrected chi connectivity index (χ1v) is 5.44. The lowest BCUT2D eigenvalue weighted by Crippen LogP contribution is -2.00. The first-order chi connectivity index (χ1) is 8.58. The maximum absolute atomic E-state index is 11.0. The summed E-state index contributed by atoms with van der Waals surface area (Å²) in [6.07, 6.45) is 1.26. The Bertz CT molecular complexity index is 599. The quantitative estimate of drug-likeness (QED) is 0.635. The highest BCUT2D eigenvalue weighted by Crippen LogP contribution is 2.30. The molecule has 0 spiro atoms. The van der Waals surface area contributed by atoms with E-state index >= 15 is 0 Å². The summed E-state index contributed by atoms with van der Waals surface area (Å²) in [7, 11) is 0. The molecule has 92 valence electrons. The second-order valence-electron chi connectivity index (χ2n) is 3.14. The van der Waals surface area contributed by atoms with Gasteiger partial charge in [0.1, 0.15) is 6.33 Å². The van der Waals surface area contributed by atoms with Crippen LogP contribution in [-0.2, 0) is 0 Å². The summed E-state index contributed by atoms with van der Waals surface area (Å²) in [6.45, 7) is 0. The molecule has 18 heavy (non-hydrogen) atoms. The van der Waals surface area contributed by atoms with Gasteiger partial charge in [0.15, 0.2) is 5.16 Å². The van der Waals surface area contributed by atoms with E-state index in [0.717, 1.165) is 17.8 Å². The van der Waals surface area contributed by atoms with Crippen molar-refractivity contribution in [3.63, 3.8) is 0 Å². The Morgan fingerprint density at radius 2 is 2.28 bits per heavy atom. The van der Waals surface area contributed by atoms with Gasteiger partial charge in [-0.25, -0.2) is 9.78 Å². The van der Waals surface area contributed by atoms with Crippen molar-refractivity contribution < 1.29 is 14.8 Å². The van der Waals surface area contributed by atoms with Gasteiger partial charge in [-0.1, -0.05) is 0 Å². The number of carboxylic acid groups (broad SMARTS) is 1. The fraction of sp³-hybridized carbons (Fsp3) is 0. The van der Waals surface area contributed by atoms with Crippen LogP contribution in [0.1, 0.15) is 10.4 Å². The normalized spacial score (nSPS) is 10.2. The number of aromatic carboxylic acids is 1. The van der Waals surface area contributed by atoms with Crippen molar-refractivity contribution in [2.45, 2.75) is 10.1 Å². The largest absolute Gasteiger partial charge is 0.478 e. The minimum atomic E-state index is -1.16. The molecule has 2 aromatic rings. The summed E-state index contributed by atoms with van der Waals surface area (Å²) in [5.74, 6) is -1.16. The van der Waals surface area contributed by atoms with Crippen molar-refractivity contribution in [3.05, 3.63) is 40.2 Å². The standard InChI is InChI=1S/C9H6N4O4S/c14-8(15)6-2-1-5(13(16)17)3-7(6)18-9-10-4-11-12-9/h1-4H,(H,14,15)(H,10,11,12). The molecule has 9 heteroatoms. The number of carboxylic acids is 1. The van der Waals surface area contributed by atoms with Gasteiger partial charge in [-0.05, 0) is 17.8 Å². The monoisotopic (exact) mass is 266 g/mol. The molecule has 1 aromatic heterocycles. The summed E-state index contributed by atoms with van der Waals surface area (Å²) in [5, 5.41) is 26.2. The molecule has 0 radical (unpaired) electrons. The van der Waals surface area contributed by atoms with E-state index < -0.39 is 10.9 Å². The molecule has 0 fully saturated rings. The maximum Gasteiger partial charge on any atom is 0.336 e. The van der Waals surface area contributed by atoms with Crippen molar-refractivity contribution >= 4 is 23.4 Å². The molecule has 0 amide bonds. The minimum Gasteiger partial charge on any atom is -0.478 e. The van der Waals surface area contributed by atoms with E-state index in [4.69, 9.17) is 5.11 Å². The molecule has 0 aliphatic heterocycles. The fourth-order valence-electron chi connectivity index (χ4n) is 1.23. The van der Waals surface area contributed by atoms with Crippen LogP contribution in [-0.4, -0.2) is 31.2 Å². The first kappa shape index (κ1) is 12.0. The third-order valence-corrected chi connectivity index (χ3v) is 2.95. The van der Waals surface area contributed by atoms with Crippen molar-refractivity contribution in [2.75, 3.05) is 0 Å². The van der Waals surface area contributed by atoms with E-state index in [2.05, 4.69) is 15.2 Å². The molecule has 0 atom stereocenters. The first-order valence-electron chi connectivity index (χ1n) is 4.63. The third-order valence-electron chi connectivity index (χ3n) is 2.01. The Morgan fingerprint density at radius 1 is 1.50 bits per heavy atom. The minimum absolute atomic E-state index is 0.0259. The van der Waals surface area contributed by atoms with Crippen LogP contribution in [0, 0.1) is 10.1 Å². The van der Waals surface area contributed by atoms with Gasteiger partial charge in [0, 0.05) is 17.0 Å². The Balaban J connectivity index is 2.43. The van der Waals surface area contributed by atoms with Gasteiger partial charge in [0.05, 0.1) is 10.5 Å². The maximum atomic E-state index is 11.0. The van der Waals surface area contributed by atoms with E-state index in [9.17, 15) is 14.9 Å². The summed E-state index contributed by atoms with van der Waals surface area (Å²) in [6, 6.07) is 3.53. The zero-order valence-corrected chi connectivity index (χ0v) is 9.55. The molecule has 0 bridgehead atoms. The number of nitro groups is 1. The van der Waals surface area contributed by atoms with Crippen molar-refractivity contribution in [3.8, 4) is 0 Å². The van der Waals surface area contributed by atoms with Crippen LogP contribution in [0.2, 0.25) is 0 Å². The smallest absolute Gasteiger partial charge is 0.336 e. The Morgan fingerprint density at radius 3 is 2.83 bits per heavy atom. The van der Waals surface area contributed by atoms with Gasteiger partial charge in [-0.2, -0.15) is 5.10 Å². The lowest BCUT2D eigenvalue weighted by molar-refractivity contribution is -0.385. The predicted octanol–water partition coefficient (Wildman–Crippen LogP) is 1.56. The van der Waals surface area contributed by atoms with Crippen molar-refractivity contribution in [1.82, 2.24) is 15.2 Å². The number of benzene rings is 1. The number of rotatable bonds is 4. The average Bonchev–Trinajstić information content (AvgIpc) is 2.81. The number of aromatic nitrogens is 3. The Kier molecular flexibility index (Phi) is 3.24. The highest BCUT2D eigenvalue weighted by molar-refractivity contribution is 7.99. The molecule has 0 unspecified atom stereocenters. The highest BCUT2D eigenvalue weighted by Gasteiger charge is 2.17. The van der Waals surface area contributed by atoms with Gasteiger partial charge >= 0.3 is 5.97 Å². The van der Waals surface area contributed by atoms with E-state index in [1.165, 1.54) is 18.5 Å². The summed E-state index contributed by atoms with van der Waals surface area (Å²) >= 11 is 0.966. The number of carbonyl (C=O) groups is 1. The lowest BCUT2D eigenvalue weighted by atomic mass is 10.2. The lowest BCUT2D eigenvalue weighted by Gasteiger charge is -2.03. The van der Waals surface area contributed by atoms with Crippen LogP contribution < -0.4 is 0 Å². The second kappa shape index (κ2) is 4.84. The molecule has 0 aliphatic rings. The molecular formula is C9H6N4O4S. The van der Waals surface area contributed by atoms with Gasteiger partial charge in [-0.3, -0.25) is 15.2 Å². The van der Waals surface area contributed by atoms with E-state index in [-0.39, 0.29) is 16.1 Å². The summed E-state index contributed by atoms with van der Waals surface area (Å²) in [4.78, 5) is 25.1. The molecule has 1 heterocycles. The Hall–Kier alpha value is -2.42. The molecule has 0 saturated heterocycles. The summed E-state index contributed by atoms with van der Waals surface area (Å²) in [5.41, 5.74) is -0.205. The van der Waals surface area contributed by atoms with Crippen LogP contribution in [0.15, 0.2) is 34.6 Å². The molecule has 0 aliphatic carbocycles. The molecule has 2 N–H and O–H groups in total. The van der Waals surface area contributed by atoms with Crippen LogP contribution in [0.25, 0.3) is 0 Å². The Labute approximate surface area is 104 Å². The average molecular weight is 266 g/mol. The topological polar surface area (TPSA) is 122 Å². The van der Waals surface area contributed by atoms with Gasteiger partial charge in [0.25, 0.3) is 5.69 Å². The molecule has 1 aromatic carbocycles. The molecule has 8 nitrogen and oxygen atoms in total. The van der Waals surface area contributed by atoms with Gasteiger partial charge < -0.3 is 5.11 Å². The van der Waals surface area contributed by atoms with Crippen LogP contribution in [0.3, 0.4) is 0 Å². The molecule has 2 rings (SSSR count). The number of non-ortho nitro benzene ring substituents is 1. The second-order valence-corrected chi connectivity index (χ2v) is 4.17. The van der Waals surface area contributed by atoms with E-state index in [1.807, 2.05) is 0 Å². The summed E-state index contributed by atoms with van der Waals surface area (Å²) < 4.78 is 0. The molecular weight excluding hydrogens is 260 g/mol. The number of hydrogen-bond donors (Lipinski definition) is 2. The number of nitrogens with zero attached hydrogens (tertiary/aromatic N) is 3. The van der Waals surface area contributed by atoms with Crippen LogP contribution in [0.4, 0.5) is 5.69 Å². The number of H-pyrrole nitrogens is 1.